The van der Waals surface area contributed by atoms with E-state index in [-0.39, 0.29) is 46.3 Å². The normalized spacial score (nSPS) is 13.5. The molecule has 4 nitrogen and oxygen atoms in total. The summed E-state index contributed by atoms with van der Waals surface area (Å²) in [4.78, 5) is 23.8. The number of aromatic carboxylic acids is 1. The van der Waals surface area contributed by atoms with Crippen molar-refractivity contribution in [3.63, 3.8) is 0 Å². The second-order valence-corrected chi connectivity index (χ2v) is 6.00. The zero-order valence-corrected chi connectivity index (χ0v) is 16.0. The van der Waals surface area contributed by atoms with Crippen LogP contribution >= 0.6 is 0 Å². The Morgan fingerprint density at radius 1 is 1.30 bits per heavy atom. The first kappa shape index (κ1) is 18.2. The smallest absolute Gasteiger partial charge is 0.542 e. The van der Waals surface area contributed by atoms with Gasteiger partial charge in [-0.15, -0.1) is 0 Å². The second kappa shape index (κ2) is 7.20. The maximum Gasteiger partial charge on any atom is 1.00 e. The third-order valence-corrected chi connectivity index (χ3v) is 4.53. The molecule has 0 saturated carbocycles. The summed E-state index contributed by atoms with van der Waals surface area (Å²) in [6.45, 7) is 3.55. The van der Waals surface area contributed by atoms with Crippen LogP contribution in [-0.4, -0.2) is 5.97 Å². The average molecular weight is 322 g/mol. The number of fused-ring (bicyclic) bond motifs is 2. The first-order valence-electron chi connectivity index (χ1n) is 7.87. The van der Waals surface area contributed by atoms with Gasteiger partial charge in [-0.2, -0.15) is 0 Å². The van der Waals surface area contributed by atoms with Crippen molar-refractivity contribution in [3.05, 3.63) is 44.3 Å². The van der Waals surface area contributed by atoms with Crippen molar-refractivity contribution in [2.75, 3.05) is 0 Å². The van der Waals surface area contributed by atoms with Crippen molar-refractivity contribution in [2.45, 2.75) is 52.4 Å². The molecular formula is C18H19NaO4. The fraction of sp³-hybridized carbons (Fsp3) is 0.444. The summed E-state index contributed by atoms with van der Waals surface area (Å²) in [5.41, 5.74) is 3.77. The largest absolute Gasteiger partial charge is 1.00 e. The summed E-state index contributed by atoms with van der Waals surface area (Å²) in [6, 6.07) is 1.90. The number of carbonyl (C=O) groups is 1. The monoisotopic (exact) mass is 322 g/mol. The van der Waals surface area contributed by atoms with Crippen molar-refractivity contribution in [1.82, 2.24) is 0 Å². The van der Waals surface area contributed by atoms with Crippen molar-refractivity contribution in [2.24, 2.45) is 0 Å². The van der Waals surface area contributed by atoms with Gasteiger partial charge in [0, 0.05) is 5.56 Å². The average Bonchev–Trinajstić information content (AvgIpc) is 2.51. The van der Waals surface area contributed by atoms with Crippen molar-refractivity contribution >= 4 is 16.9 Å². The van der Waals surface area contributed by atoms with Gasteiger partial charge in [-0.3, -0.25) is 4.79 Å². The van der Waals surface area contributed by atoms with E-state index in [1.165, 1.54) is 18.1 Å². The summed E-state index contributed by atoms with van der Waals surface area (Å²) in [5, 5.41) is 11.7. The number of carboxylic acids is 1. The van der Waals surface area contributed by atoms with Gasteiger partial charge in [0.05, 0.1) is 5.39 Å². The molecule has 0 atom stereocenters. The Morgan fingerprint density at radius 3 is 2.65 bits per heavy atom. The quantitative estimate of drug-likeness (QED) is 0.701. The predicted molar refractivity (Wildman–Crippen MR) is 82.2 cm³/mol. The van der Waals surface area contributed by atoms with E-state index in [9.17, 15) is 14.7 Å². The first-order valence-corrected chi connectivity index (χ1v) is 7.87. The van der Waals surface area contributed by atoms with Crippen molar-refractivity contribution < 1.29 is 43.9 Å². The predicted octanol–water partition coefficient (Wildman–Crippen LogP) is -0.700. The van der Waals surface area contributed by atoms with E-state index in [1.54, 1.807) is 0 Å². The Balaban J connectivity index is 0.00000192. The molecule has 0 N–H and O–H groups in total. The van der Waals surface area contributed by atoms with Gasteiger partial charge in [0.2, 0.25) is 0 Å². The molecule has 2 aromatic rings. The van der Waals surface area contributed by atoms with Crippen LogP contribution in [0.3, 0.4) is 0 Å². The molecule has 23 heavy (non-hydrogen) atoms. The molecule has 1 aliphatic carbocycles. The molecule has 0 bridgehead atoms. The number of carbonyl (C=O) groups excluding carboxylic acids is 1. The molecule has 5 heteroatoms. The topological polar surface area (TPSA) is 70.3 Å². The minimum atomic E-state index is -1.43. The Hall–Kier alpha value is -1.10. The number of benzene rings is 1. The van der Waals surface area contributed by atoms with Crippen LogP contribution in [0, 0.1) is 6.92 Å². The van der Waals surface area contributed by atoms with E-state index in [0.717, 1.165) is 44.1 Å². The summed E-state index contributed by atoms with van der Waals surface area (Å²) in [6.07, 6.45) is 5.91. The van der Waals surface area contributed by atoms with Crippen LogP contribution in [0.4, 0.5) is 0 Å². The maximum absolute atomic E-state index is 12.5. The Kier molecular flexibility index (Phi) is 5.71. The molecule has 0 spiro atoms. The van der Waals surface area contributed by atoms with E-state index in [4.69, 9.17) is 4.42 Å². The molecule has 0 aliphatic heterocycles. The number of rotatable bonds is 3. The van der Waals surface area contributed by atoms with E-state index >= 15 is 0 Å². The van der Waals surface area contributed by atoms with Gasteiger partial charge in [-0.05, 0) is 61.8 Å². The molecule has 0 saturated heterocycles. The second-order valence-electron chi connectivity index (χ2n) is 6.00. The van der Waals surface area contributed by atoms with E-state index in [2.05, 4.69) is 6.92 Å². The van der Waals surface area contributed by atoms with Gasteiger partial charge in [0.1, 0.15) is 11.6 Å². The molecule has 1 aliphatic rings. The molecule has 1 aromatic heterocycles. The number of hydrogen-bond donors (Lipinski definition) is 0. The van der Waals surface area contributed by atoms with Crippen LogP contribution in [0.15, 0.2) is 15.3 Å². The zero-order valence-electron chi connectivity index (χ0n) is 14.0. The van der Waals surface area contributed by atoms with Crippen molar-refractivity contribution in [1.29, 1.82) is 0 Å². The van der Waals surface area contributed by atoms with Crippen LogP contribution in [-0.2, 0) is 19.3 Å². The summed E-state index contributed by atoms with van der Waals surface area (Å²) < 4.78 is 5.62. The molecule has 116 valence electrons. The maximum atomic E-state index is 12.5. The fourth-order valence-corrected chi connectivity index (χ4v) is 3.45. The van der Waals surface area contributed by atoms with Crippen LogP contribution in [0.5, 0.6) is 0 Å². The van der Waals surface area contributed by atoms with Gasteiger partial charge in [0.15, 0.2) is 11.2 Å². The molecule has 0 unspecified atom stereocenters. The number of hydrogen-bond acceptors (Lipinski definition) is 4. The van der Waals surface area contributed by atoms with Gasteiger partial charge >= 0.3 is 29.6 Å². The van der Waals surface area contributed by atoms with Gasteiger partial charge < -0.3 is 14.3 Å². The Morgan fingerprint density at radius 2 is 2.00 bits per heavy atom. The summed E-state index contributed by atoms with van der Waals surface area (Å²) >= 11 is 0. The van der Waals surface area contributed by atoms with Crippen LogP contribution < -0.4 is 40.1 Å². The third-order valence-electron chi connectivity index (χ3n) is 4.53. The molecule has 1 aromatic carbocycles. The minimum Gasteiger partial charge on any atom is -0.542 e. The fourth-order valence-electron chi connectivity index (χ4n) is 3.45. The molecule has 3 rings (SSSR count). The standard InChI is InChI=1S/C18H20O4.Na/c1-3-6-13-12-8-5-4-7-11(12)9-14-15(19)10(2)16(18(20)21)22-17(13)14;/h9H,3-8H2,1-2H3,(H,20,21);/q;+1/p-1. The van der Waals surface area contributed by atoms with Crippen LogP contribution in [0.25, 0.3) is 11.0 Å². The molecule has 1 heterocycles. The molecule has 0 amide bonds. The number of carboxylic acid groups (broad SMARTS) is 1. The first-order chi connectivity index (χ1) is 10.5. The minimum absolute atomic E-state index is 0. The number of aryl methyl sites for hydroxylation is 2. The van der Waals surface area contributed by atoms with Crippen molar-refractivity contribution in [3.8, 4) is 0 Å². The Labute approximate surface area is 157 Å². The Bertz CT molecular complexity index is 820. The molecule has 0 radical (unpaired) electrons. The van der Waals surface area contributed by atoms with E-state index < -0.39 is 5.97 Å². The SMILES string of the molecule is CCCc1c2c(cc3c(=O)c(C)c(C(=O)[O-])oc13)CCCC2.[Na+]. The van der Waals surface area contributed by atoms with E-state index in [0.29, 0.717) is 11.0 Å². The van der Waals surface area contributed by atoms with Gasteiger partial charge in [-0.25, -0.2) is 0 Å². The molecular weight excluding hydrogens is 303 g/mol. The van der Waals surface area contributed by atoms with Gasteiger partial charge in [0.25, 0.3) is 0 Å². The third kappa shape index (κ3) is 3.12. The van der Waals surface area contributed by atoms with Crippen LogP contribution in [0.1, 0.15) is 59.0 Å². The van der Waals surface area contributed by atoms with Crippen LogP contribution in [0.2, 0.25) is 0 Å². The summed E-state index contributed by atoms with van der Waals surface area (Å²) in [7, 11) is 0. The summed E-state index contributed by atoms with van der Waals surface area (Å²) in [5.74, 6) is -1.78. The molecule has 0 fully saturated rings. The van der Waals surface area contributed by atoms with E-state index in [1.807, 2.05) is 6.07 Å². The van der Waals surface area contributed by atoms with Gasteiger partial charge in [-0.1, -0.05) is 13.3 Å². The zero-order chi connectivity index (χ0) is 15.9.